The first-order chi connectivity index (χ1) is 10.7. The van der Waals surface area contributed by atoms with Gasteiger partial charge in [0.2, 0.25) is 5.88 Å². The topological polar surface area (TPSA) is 48.4 Å². The minimum absolute atomic E-state index is 0.332. The molecule has 1 aromatic heterocycles. The summed E-state index contributed by atoms with van der Waals surface area (Å²) in [6.07, 6.45) is 0. The molecule has 4 nitrogen and oxygen atoms in total. The van der Waals surface area contributed by atoms with E-state index in [9.17, 15) is 4.79 Å². The van der Waals surface area contributed by atoms with Crippen LogP contribution in [0, 0.1) is 0 Å². The highest BCUT2D eigenvalue weighted by atomic mass is 16.5. The normalized spacial score (nSPS) is 10.5. The lowest BCUT2D eigenvalue weighted by atomic mass is 10.0. The van der Waals surface area contributed by atoms with Gasteiger partial charge in [-0.05, 0) is 41.5 Å². The molecule has 1 heterocycles. The Morgan fingerprint density at radius 2 is 1.64 bits per heavy atom. The third-order valence-electron chi connectivity index (χ3n) is 3.51. The Balaban J connectivity index is 1.97. The van der Waals surface area contributed by atoms with E-state index in [0.29, 0.717) is 11.4 Å². The number of carbonyl (C=O) groups is 1. The highest BCUT2D eigenvalue weighted by molar-refractivity contribution is 5.90. The molecule has 0 amide bonds. The van der Waals surface area contributed by atoms with Gasteiger partial charge in [-0.15, -0.1) is 0 Å². The van der Waals surface area contributed by atoms with Crippen LogP contribution in [0.3, 0.4) is 0 Å². The number of pyridine rings is 1. The van der Waals surface area contributed by atoms with Crippen LogP contribution in [-0.4, -0.2) is 25.2 Å². The van der Waals surface area contributed by atoms with Gasteiger partial charge in [-0.25, -0.2) is 9.78 Å². The fourth-order valence-corrected chi connectivity index (χ4v) is 2.32. The molecule has 0 fully saturated rings. The summed E-state index contributed by atoms with van der Waals surface area (Å²) in [6, 6.07) is 17.2. The molecule has 0 radical (unpaired) electrons. The van der Waals surface area contributed by atoms with Gasteiger partial charge in [-0.3, -0.25) is 0 Å². The summed E-state index contributed by atoms with van der Waals surface area (Å²) in [5.41, 5.74) is 3.52. The zero-order valence-electron chi connectivity index (χ0n) is 12.4. The van der Waals surface area contributed by atoms with Crippen LogP contribution in [0.5, 0.6) is 5.88 Å². The number of hydrogen-bond acceptors (Lipinski definition) is 4. The Bertz CT molecular complexity index is 825. The van der Waals surface area contributed by atoms with Crippen molar-refractivity contribution < 1.29 is 14.3 Å². The second-order valence-corrected chi connectivity index (χ2v) is 4.83. The summed E-state index contributed by atoms with van der Waals surface area (Å²) in [5.74, 6) is 0.268. The highest BCUT2D eigenvalue weighted by Gasteiger charge is 2.06. The van der Waals surface area contributed by atoms with Crippen LogP contribution < -0.4 is 4.74 Å². The number of rotatable bonds is 3. The number of hydrogen-bond donors (Lipinski definition) is 0. The minimum Gasteiger partial charge on any atom is -0.481 e. The van der Waals surface area contributed by atoms with E-state index in [0.717, 1.165) is 22.0 Å². The Kier molecular flexibility index (Phi) is 3.74. The van der Waals surface area contributed by atoms with E-state index in [1.165, 1.54) is 7.11 Å². The van der Waals surface area contributed by atoms with Crippen molar-refractivity contribution in [2.24, 2.45) is 0 Å². The van der Waals surface area contributed by atoms with Gasteiger partial charge in [0.25, 0.3) is 0 Å². The molecule has 0 spiro atoms. The molecular formula is C18H15NO3. The molecule has 0 aliphatic heterocycles. The second kappa shape index (κ2) is 5.85. The molecule has 110 valence electrons. The van der Waals surface area contributed by atoms with Crippen LogP contribution in [0.25, 0.3) is 22.0 Å². The summed E-state index contributed by atoms with van der Waals surface area (Å²) in [6.45, 7) is 0. The maximum absolute atomic E-state index is 11.5. The van der Waals surface area contributed by atoms with E-state index in [1.54, 1.807) is 19.2 Å². The number of esters is 1. The molecule has 22 heavy (non-hydrogen) atoms. The fraction of sp³-hybridized carbons (Fsp3) is 0.111. The average molecular weight is 293 g/mol. The third-order valence-corrected chi connectivity index (χ3v) is 3.51. The second-order valence-electron chi connectivity index (χ2n) is 4.83. The smallest absolute Gasteiger partial charge is 0.337 e. The van der Waals surface area contributed by atoms with Crippen molar-refractivity contribution in [1.29, 1.82) is 0 Å². The minimum atomic E-state index is -0.332. The summed E-state index contributed by atoms with van der Waals surface area (Å²) in [5, 5.41) is 1.04. The lowest BCUT2D eigenvalue weighted by Crippen LogP contribution is -2.00. The fourth-order valence-electron chi connectivity index (χ4n) is 2.32. The third kappa shape index (κ3) is 2.63. The Morgan fingerprint density at radius 1 is 0.909 bits per heavy atom. The van der Waals surface area contributed by atoms with Crippen molar-refractivity contribution in [1.82, 2.24) is 4.98 Å². The molecule has 0 N–H and O–H groups in total. The molecule has 0 bridgehead atoms. The monoisotopic (exact) mass is 293 g/mol. The van der Waals surface area contributed by atoms with E-state index < -0.39 is 0 Å². The number of nitrogens with zero attached hydrogens (tertiary/aromatic N) is 1. The first-order valence-electron chi connectivity index (χ1n) is 6.85. The van der Waals surface area contributed by atoms with E-state index in [2.05, 4.69) is 11.1 Å². The van der Waals surface area contributed by atoms with Gasteiger partial charge in [0.1, 0.15) is 0 Å². The average Bonchev–Trinajstić information content (AvgIpc) is 2.60. The molecule has 0 unspecified atom stereocenters. The van der Waals surface area contributed by atoms with Crippen molar-refractivity contribution in [2.45, 2.75) is 0 Å². The van der Waals surface area contributed by atoms with Gasteiger partial charge >= 0.3 is 5.97 Å². The van der Waals surface area contributed by atoms with Crippen molar-refractivity contribution in [3.05, 3.63) is 60.2 Å². The van der Waals surface area contributed by atoms with Crippen LogP contribution in [0.2, 0.25) is 0 Å². The summed E-state index contributed by atoms with van der Waals surface area (Å²) < 4.78 is 9.83. The zero-order valence-corrected chi connectivity index (χ0v) is 12.4. The van der Waals surface area contributed by atoms with Gasteiger partial charge in [0, 0.05) is 11.5 Å². The molecule has 4 heteroatoms. The quantitative estimate of drug-likeness (QED) is 0.691. The van der Waals surface area contributed by atoms with Crippen molar-refractivity contribution in [3.8, 4) is 17.0 Å². The summed E-state index contributed by atoms with van der Waals surface area (Å²) >= 11 is 0. The van der Waals surface area contributed by atoms with Gasteiger partial charge in [0.15, 0.2) is 0 Å². The summed E-state index contributed by atoms with van der Waals surface area (Å²) in [7, 11) is 2.98. The van der Waals surface area contributed by atoms with Gasteiger partial charge in [0.05, 0.1) is 25.3 Å². The van der Waals surface area contributed by atoms with Crippen LogP contribution in [0.4, 0.5) is 0 Å². The molecule has 0 atom stereocenters. The lowest BCUT2D eigenvalue weighted by Gasteiger charge is -2.06. The van der Waals surface area contributed by atoms with Crippen molar-refractivity contribution in [3.63, 3.8) is 0 Å². The van der Waals surface area contributed by atoms with Crippen LogP contribution >= 0.6 is 0 Å². The van der Waals surface area contributed by atoms with Crippen molar-refractivity contribution >= 4 is 16.9 Å². The SMILES string of the molecule is COC(=O)c1ccc(-c2ccc3nc(OC)ccc3c2)cc1. The van der Waals surface area contributed by atoms with Gasteiger partial charge in [-0.1, -0.05) is 18.2 Å². The molecule has 0 saturated carbocycles. The maximum Gasteiger partial charge on any atom is 0.337 e. The first-order valence-corrected chi connectivity index (χ1v) is 6.85. The van der Waals surface area contributed by atoms with Gasteiger partial charge < -0.3 is 9.47 Å². The lowest BCUT2D eigenvalue weighted by molar-refractivity contribution is 0.0601. The van der Waals surface area contributed by atoms with E-state index in [1.807, 2.05) is 36.4 Å². The standard InChI is InChI=1S/C18H15NO3/c1-21-17-10-8-15-11-14(7-9-16(15)19-17)12-3-5-13(6-4-12)18(20)22-2/h3-11H,1-2H3. The largest absolute Gasteiger partial charge is 0.481 e. The van der Waals surface area contributed by atoms with Crippen molar-refractivity contribution in [2.75, 3.05) is 14.2 Å². The molecular weight excluding hydrogens is 278 g/mol. The van der Waals surface area contributed by atoms with E-state index in [4.69, 9.17) is 9.47 Å². The van der Waals surface area contributed by atoms with E-state index in [-0.39, 0.29) is 5.97 Å². The number of aromatic nitrogens is 1. The zero-order chi connectivity index (χ0) is 15.5. The Morgan fingerprint density at radius 3 is 2.32 bits per heavy atom. The molecule has 0 aliphatic carbocycles. The molecule has 3 rings (SSSR count). The number of methoxy groups -OCH3 is 2. The number of fused-ring (bicyclic) bond motifs is 1. The number of carbonyl (C=O) groups excluding carboxylic acids is 1. The van der Waals surface area contributed by atoms with E-state index >= 15 is 0 Å². The predicted octanol–water partition coefficient (Wildman–Crippen LogP) is 3.70. The first kappa shape index (κ1) is 14.1. The highest BCUT2D eigenvalue weighted by Crippen LogP contribution is 2.25. The van der Waals surface area contributed by atoms with Gasteiger partial charge in [-0.2, -0.15) is 0 Å². The molecule has 2 aromatic carbocycles. The van der Waals surface area contributed by atoms with Crippen LogP contribution in [0.15, 0.2) is 54.6 Å². The molecule has 0 aliphatic rings. The number of benzene rings is 2. The van der Waals surface area contributed by atoms with Crippen LogP contribution in [-0.2, 0) is 4.74 Å². The maximum atomic E-state index is 11.5. The summed E-state index contributed by atoms with van der Waals surface area (Å²) in [4.78, 5) is 15.8. The number of ether oxygens (including phenoxy) is 2. The van der Waals surface area contributed by atoms with Crippen LogP contribution in [0.1, 0.15) is 10.4 Å². The Hall–Kier alpha value is -2.88. The molecule has 3 aromatic rings. The predicted molar refractivity (Wildman–Crippen MR) is 85.1 cm³/mol. The molecule has 0 saturated heterocycles. The Labute approximate surface area is 128 Å².